The van der Waals surface area contributed by atoms with E-state index < -0.39 is 25.2 Å². The summed E-state index contributed by atoms with van der Waals surface area (Å²) < 4.78 is 34.7. The Morgan fingerprint density at radius 3 is 2.33 bits per heavy atom. The monoisotopic (exact) mass is 240 g/mol. The molecule has 0 aromatic rings. The van der Waals surface area contributed by atoms with Gasteiger partial charge in [0.2, 0.25) is 13.5 Å². The van der Waals surface area contributed by atoms with Crippen LogP contribution in [0.1, 0.15) is 20.8 Å². The van der Waals surface area contributed by atoms with Gasteiger partial charge in [-0.15, -0.1) is 0 Å². The Morgan fingerprint density at radius 1 is 1.40 bits per heavy atom. The van der Waals surface area contributed by atoms with Gasteiger partial charge in [-0.25, -0.2) is 9.18 Å². The van der Waals surface area contributed by atoms with Crippen molar-refractivity contribution in [3.63, 3.8) is 0 Å². The number of esters is 1. The van der Waals surface area contributed by atoms with Gasteiger partial charge in [0.1, 0.15) is 0 Å². The fourth-order valence-electron chi connectivity index (χ4n) is 1.03. The second-order valence-electron chi connectivity index (χ2n) is 3.22. The summed E-state index contributed by atoms with van der Waals surface area (Å²) in [7, 11) is -3.09. The maximum absolute atomic E-state index is 13.5. The number of hydrogen-bond acceptors (Lipinski definition) is 4. The molecule has 90 valence electrons. The van der Waals surface area contributed by atoms with Crippen LogP contribution in [0.15, 0.2) is 0 Å². The summed E-state index contributed by atoms with van der Waals surface area (Å²) in [4.78, 5) is 11.1. The summed E-state index contributed by atoms with van der Waals surface area (Å²) >= 11 is 0. The first-order valence-electron chi connectivity index (χ1n) is 4.89. The molecule has 0 saturated carbocycles. The molecule has 0 spiro atoms. The fourth-order valence-corrected chi connectivity index (χ4v) is 2.38. The molecular formula is C9H18FO4P. The molecule has 0 bridgehead atoms. The van der Waals surface area contributed by atoms with Crippen molar-refractivity contribution in [2.75, 3.05) is 19.9 Å². The van der Waals surface area contributed by atoms with E-state index in [2.05, 4.69) is 4.74 Å². The predicted molar refractivity (Wildman–Crippen MR) is 56.1 cm³/mol. The van der Waals surface area contributed by atoms with Crippen LogP contribution in [0, 0.1) is 0 Å². The van der Waals surface area contributed by atoms with Gasteiger partial charge < -0.3 is 9.26 Å². The summed E-state index contributed by atoms with van der Waals surface area (Å²) in [6.45, 7) is 6.30. The summed E-state index contributed by atoms with van der Waals surface area (Å²) in [6, 6.07) is 0. The van der Waals surface area contributed by atoms with Crippen molar-refractivity contribution in [1.29, 1.82) is 0 Å². The molecule has 0 aliphatic carbocycles. The van der Waals surface area contributed by atoms with Crippen LogP contribution in [-0.2, 0) is 18.6 Å². The van der Waals surface area contributed by atoms with Crippen LogP contribution in [0.25, 0.3) is 0 Å². The number of hydrogen-bond donors (Lipinski definition) is 0. The average Bonchev–Trinajstić information content (AvgIpc) is 2.15. The Hall–Kier alpha value is -0.410. The van der Waals surface area contributed by atoms with Gasteiger partial charge in [0.15, 0.2) is 0 Å². The van der Waals surface area contributed by atoms with Crippen molar-refractivity contribution in [2.24, 2.45) is 0 Å². The normalized spacial score (nSPS) is 19.0. The number of alkyl halides is 1. The van der Waals surface area contributed by atoms with E-state index in [1.54, 1.807) is 13.8 Å². The van der Waals surface area contributed by atoms with Crippen molar-refractivity contribution in [3.8, 4) is 0 Å². The third-order valence-corrected chi connectivity index (χ3v) is 4.57. The van der Waals surface area contributed by atoms with E-state index in [1.807, 2.05) is 0 Å². The lowest BCUT2D eigenvalue weighted by atomic mass is 10.3. The van der Waals surface area contributed by atoms with E-state index in [-0.39, 0.29) is 13.2 Å². The Balaban J connectivity index is 4.49. The lowest BCUT2D eigenvalue weighted by Gasteiger charge is -2.22. The Bertz CT molecular complexity index is 256. The van der Waals surface area contributed by atoms with E-state index in [4.69, 9.17) is 4.52 Å². The fraction of sp³-hybridized carbons (Fsp3) is 0.889. The average molecular weight is 240 g/mol. The van der Waals surface area contributed by atoms with E-state index in [0.717, 1.165) is 0 Å². The van der Waals surface area contributed by atoms with Crippen molar-refractivity contribution >= 4 is 13.3 Å². The standard InChI is InChI=1S/C9H18FO4P/c1-5-13-9(11)8(10)7(3)15(4,12)14-6-2/h7-8H,5-6H2,1-4H3. The zero-order valence-corrected chi connectivity index (χ0v) is 10.4. The molecule has 4 nitrogen and oxygen atoms in total. The molecule has 0 saturated heterocycles. The van der Waals surface area contributed by atoms with Gasteiger partial charge in [-0.1, -0.05) is 0 Å². The summed E-state index contributed by atoms with van der Waals surface area (Å²) in [5, 5.41) is 0. The first-order valence-corrected chi connectivity index (χ1v) is 7.03. The smallest absolute Gasteiger partial charge is 0.341 e. The molecule has 0 radical (unpaired) electrons. The Kier molecular flexibility index (Phi) is 6.06. The minimum absolute atomic E-state index is 0.106. The molecule has 0 fully saturated rings. The minimum atomic E-state index is -3.09. The molecule has 3 atom stereocenters. The summed E-state index contributed by atoms with van der Waals surface area (Å²) in [5.41, 5.74) is -0.975. The number of rotatable bonds is 6. The Morgan fingerprint density at radius 2 is 1.93 bits per heavy atom. The lowest BCUT2D eigenvalue weighted by molar-refractivity contribution is -0.149. The highest BCUT2D eigenvalue weighted by molar-refractivity contribution is 7.59. The van der Waals surface area contributed by atoms with E-state index in [1.165, 1.54) is 13.6 Å². The second kappa shape index (κ2) is 6.23. The van der Waals surface area contributed by atoms with Gasteiger partial charge in [-0.05, 0) is 20.8 Å². The molecule has 3 unspecified atom stereocenters. The number of carbonyl (C=O) groups is 1. The lowest BCUT2D eigenvalue weighted by Crippen LogP contribution is -2.30. The molecule has 0 rings (SSSR count). The number of carbonyl (C=O) groups excluding carboxylic acids is 1. The van der Waals surface area contributed by atoms with Crippen LogP contribution in [-0.4, -0.2) is 37.7 Å². The zero-order valence-electron chi connectivity index (χ0n) is 9.53. The number of halogens is 1. The van der Waals surface area contributed by atoms with Gasteiger partial charge >= 0.3 is 5.97 Å². The van der Waals surface area contributed by atoms with Crippen LogP contribution in [0.3, 0.4) is 0 Å². The molecule has 15 heavy (non-hydrogen) atoms. The predicted octanol–water partition coefficient (Wildman–Crippen LogP) is 2.22. The molecule has 0 amide bonds. The Labute approximate surface area is 89.6 Å². The summed E-state index contributed by atoms with van der Waals surface area (Å²) in [5.74, 6) is -0.980. The molecule has 0 heterocycles. The molecule has 0 aliphatic rings. The molecular weight excluding hydrogens is 222 g/mol. The highest BCUT2D eigenvalue weighted by Gasteiger charge is 2.37. The van der Waals surface area contributed by atoms with Crippen LogP contribution >= 0.6 is 7.37 Å². The van der Waals surface area contributed by atoms with Gasteiger partial charge in [0, 0.05) is 6.66 Å². The van der Waals surface area contributed by atoms with E-state index in [0.29, 0.717) is 0 Å². The van der Waals surface area contributed by atoms with Crippen molar-refractivity contribution in [2.45, 2.75) is 32.6 Å². The minimum Gasteiger partial charge on any atom is -0.464 e. The second-order valence-corrected chi connectivity index (χ2v) is 6.11. The third kappa shape index (κ3) is 4.31. The molecule has 0 aliphatic heterocycles. The SMILES string of the molecule is CCOC(=O)C(F)C(C)P(C)(=O)OCC. The molecule has 0 aromatic carbocycles. The first kappa shape index (κ1) is 14.6. The van der Waals surface area contributed by atoms with Crippen molar-refractivity contribution in [3.05, 3.63) is 0 Å². The molecule has 6 heteroatoms. The van der Waals surface area contributed by atoms with Gasteiger partial charge in [-0.3, -0.25) is 4.57 Å². The van der Waals surface area contributed by atoms with Gasteiger partial charge in [0.05, 0.1) is 18.9 Å². The highest BCUT2D eigenvalue weighted by Crippen LogP contribution is 2.49. The third-order valence-electron chi connectivity index (χ3n) is 2.06. The highest BCUT2D eigenvalue weighted by atomic mass is 31.2. The topological polar surface area (TPSA) is 52.6 Å². The largest absolute Gasteiger partial charge is 0.464 e. The van der Waals surface area contributed by atoms with E-state index in [9.17, 15) is 13.8 Å². The van der Waals surface area contributed by atoms with Gasteiger partial charge in [-0.2, -0.15) is 0 Å². The molecule has 0 aromatic heterocycles. The van der Waals surface area contributed by atoms with Crippen molar-refractivity contribution in [1.82, 2.24) is 0 Å². The summed E-state index contributed by atoms with van der Waals surface area (Å²) in [6.07, 6.45) is -1.90. The first-order chi connectivity index (χ1) is 6.86. The quantitative estimate of drug-likeness (QED) is 0.527. The maximum Gasteiger partial charge on any atom is 0.341 e. The van der Waals surface area contributed by atoms with Gasteiger partial charge in [0.25, 0.3) is 0 Å². The van der Waals surface area contributed by atoms with E-state index >= 15 is 0 Å². The van der Waals surface area contributed by atoms with Crippen LogP contribution < -0.4 is 0 Å². The van der Waals surface area contributed by atoms with Crippen LogP contribution in [0.4, 0.5) is 4.39 Å². The number of ether oxygens (including phenoxy) is 1. The zero-order chi connectivity index (χ0) is 12.1. The van der Waals surface area contributed by atoms with Crippen LogP contribution in [0.5, 0.6) is 0 Å². The van der Waals surface area contributed by atoms with Crippen molar-refractivity contribution < 1.29 is 23.0 Å². The van der Waals surface area contributed by atoms with Crippen LogP contribution in [0.2, 0.25) is 0 Å². The maximum atomic E-state index is 13.5. The molecule has 0 N–H and O–H groups in total.